The van der Waals surface area contributed by atoms with Crippen LogP contribution in [0, 0.1) is 0 Å². The van der Waals surface area contributed by atoms with E-state index in [4.69, 9.17) is 38.9 Å². The van der Waals surface area contributed by atoms with Gasteiger partial charge in [0, 0.05) is 28.9 Å². The quantitative estimate of drug-likeness (QED) is 0.394. The third kappa shape index (κ3) is 3.27. The summed E-state index contributed by atoms with van der Waals surface area (Å²) in [5.41, 5.74) is 5.96. The van der Waals surface area contributed by atoms with Crippen molar-refractivity contribution in [2.75, 3.05) is 0 Å². The van der Waals surface area contributed by atoms with E-state index >= 15 is 0 Å². The zero-order valence-electron chi connectivity index (χ0n) is 9.55. The predicted molar refractivity (Wildman–Crippen MR) is 73.3 cm³/mol. The molecular formula is C12H9Cl2N3O2. The molecule has 2 rings (SSSR count). The highest BCUT2D eigenvalue weighted by Gasteiger charge is 2.07. The molecule has 0 radical (unpaired) electrons. The first kappa shape index (κ1) is 13.5. The van der Waals surface area contributed by atoms with Crippen molar-refractivity contribution in [3.05, 3.63) is 52.1 Å². The van der Waals surface area contributed by atoms with E-state index in [1.165, 1.54) is 12.3 Å². The first-order chi connectivity index (χ1) is 9.10. The summed E-state index contributed by atoms with van der Waals surface area (Å²) in [7, 11) is 0. The Morgan fingerprint density at radius 1 is 1.26 bits per heavy atom. The van der Waals surface area contributed by atoms with Crippen LogP contribution in [0.5, 0.6) is 11.6 Å². The van der Waals surface area contributed by atoms with Gasteiger partial charge in [0.15, 0.2) is 5.84 Å². The Hall–Kier alpha value is -1.98. The van der Waals surface area contributed by atoms with Crippen molar-refractivity contribution in [3.63, 3.8) is 0 Å². The van der Waals surface area contributed by atoms with Gasteiger partial charge in [-0.1, -0.05) is 28.4 Å². The fourth-order valence-corrected chi connectivity index (χ4v) is 1.67. The van der Waals surface area contributed by atoms with E-state index in [2.05, 4.69) is 10.1 Å². The summed E-state index contributed by atoms with van der Waals surface area (Å²) in [5.74, 6) is 0.594. The zero-order valence-corrected chi connectivity index (χ0v) is 11.1. The van der Waals surface area contributed by atoms with Gasteiger partial charge in [-0.25, -0.2) is 4.98 Å². The number of halogens is 2. The molecule has 19 heavy (non-hydrogen) atoms. The third-order valence-corrected chi connectivity index (χ3v) is 2.79. The van der Waals surface area contributed by atoms with E-state index in [1.807, 2.05) is 0 Å². The maximum atomic E-state index is 8.61. The van der Waals surface area contributed by atoms with Crippen LogP contribution in [0.2, 0.25) is 10.0 Å². The summed E-state index contributed by atoms with van der Waals surface area (Å²) >= 11 is 11.8. The second-order valence-electron chi connectivity index (χ2n) is 3.54. The minimum absolute atomic E-state index is 0.0376. The van der Waals surface area contributed by atoms with Crippen molar-refractivity contribution in [3.8, 4) is 11.6 Å². The van der Waals surface area contributed by atoms with Gasteiger partial charge in [0.05, 0.1) is 5.02 Å². The topological polar surface area (TPSA) is 80.7 Å². The molecule has 0 amide bonds. The lowest BCUT2D eigenvalue weighted by atomic mass is 10.2. The molecule has 0 aliphatic rings. The molecule has 0 spiro atoms. The molecule has 1 aromatic carbocycles. The summed E-state index contributed by atoms with van der Waals surface area (Å²) in [4.78, 5) is 4.01. The van der Waals surface area contributed by atoms with Gasteiger partial charge in [-0.3, -0.25) is 0 Å². The molecule has 7 heteroatoms. The Morgan fingerprint density at radius 2 is 2.05 bits per heavy atom. The number of hydrogen-bond donors (Lipinski definition) is 2. The minimum Gasteiger partial charge on any atom is -0.437 e. The van der Waals surface area contributed by atoms with Crippen molar-refractivity contribution in [1.29, 1.82) is 0 Å². The summed E-state index contributed by atoms with van der Waals surface area (Å²) in [6.07, 6.45) is 1.47. The Morgan fingerprint density at radius 3 is 2.79 bits per heavy atom. The van der Waals surface area contributed by atoms with E-state index in [9.17, 15) is 0 Å². The Bertz CT molecular complexity index is 632. The fourth-order valence-electron chi connectivity index (χ4n) is 1.35. The molecule has 3 N–H and O–H groups in total. The number of amidine groups is 1. The molecule has 0 fully saturated rings. The lowest BCUT2D eigenvalue weighted by Gasteiger charge is -2.08. The van der Waals surface area contributed by atoms with Crippen molar-refractivity contribution >= 4 is 29.0 Å². The maximum Gasteiger partial charge on any atom is 0.219 e. The average Bonchev–Trinajstić information content (AvgIpc) is 2.42. The number of aromatic nitrogens is 1. The van der Waals surface area contributed by atoms with E-state index in [0.29, 0.717) is 21.4 Å². The lowest BCUT2D eigenvalue weighted by Crippen LogP contribution is -2.13. The molecular weight excluding hydrogens is 289 g/mol. The van der Waals surface area contributed by atoms with Gasteiger partial charge in [-0.2, -0.15) is 0 Å². The average molecular weight is 298 g/mol. The Kier molecular flexibility index (Phi) is 4.09. The smallest absolute Gasteiger partial charge is 0.219 e. The maximum absolute atomic E-state index is 8.61. The molecule has 2 aromatic rings. The van der Waals surface area contributed by atoms with Crippen molar-refractivity contribution < 1.29 is 9.94 Å². The van der Waals surface area contributed by atoms with E-state index in [1.54, 1.807) is 24.3 Å². The monoisotopic (exact) mass is 297 g/mol. The number of hydrogen-bond acceptors (Lipinski definition) is 4. The standard InChI is InChI=1S/C12H9Cl2N3O2/c13-8-1-2-9(14)10(6-8)19-11-5-7(3-4-16-11)12(15)17-18/h1-6,18H,(H2,15,17). The van der Waals surface area contributed by atoms with Crippen LogP contribution >= 0.6 is 23.2 Å². The first-order valence-electron chi connectivity index (χ1n) is 5.17. The van der Waals surface area contributed by atoms with Gasteiger partial charge < -0.3 is 15.7 Å². The van der Waals surface area contributed by atoms with Crippen molar-refractivity contribution in [2.24, 2.45) is 10.9 Å². The highest BCUT2D eigenvalue weighted by Crippen LogP contribution is 2.31. The van der Waals surface area contributed by atoms with E-state index < -0.39 is 0 Å². The number of benzene rings is 1. The van der Waals surface area contributed by atoms with Gasteiger partial charge in [0.25, 0.3) is 0 Å². The molecule has 0 aliphatic heterocycles. The molecule has 1 aromatic heterocycles. The van der Waals surface area contributed by atoms with Crippen LogP contribution in [0.4, 0.5) is 0 Å². The fraction of sp³-hybridized carbons (Fsp3) is 0. The van der Waals surface area contributed by atoms with Gasteiger partial charge in [0.1, 0.15) is 5.75 Å². The summed E-state index contributed by atoms with van der Waals surface area (Å²) in [5, 5.41) is 12.4. The van der Waals surface area contributed by atoms with Crippen LogP contribution in [0.3, 0.4) is 0 Å². The van der Waals surface area contributed by atoms with Crippen LogP contribution < -0.4 is 10.5 Å². The molecule has 5 nitrogen and oxygen atoms in total. The number of rotatable bonds is 3. The Balaban J connectivity index is 2.31. The molecule has 98 valence electrons. The second-order valence-corrected chi connectivity index (χ2v) is 4.39. The molecule has 1 heterocycles. The third-order valence-electron chi connectivity index (χ3n) is 2.25. The van der Waals surface area contributed by atoms with Crippen LogP contribution in [-0.2, 0) is 0 Å². The number of pyridine rings is 1. The molecule has 0 bridgehead atoms. The Labute approximate surface area is 119 Å². The largest absolute Gasteiger partial charge is 0.437 e. The highest BCUT2D eigenvalue weighted by atomic mass is 35.5. The molecule has 0 unspecified atom stereocenters. The SMILES string of the molecule is N/C(=N\O)c1ccnc(Oc2cc(Cl)ccc2Cl)c1. The van der Waals surface area contributed by atoms with E-state index in [0.717, 1.165) is 0 Å². The number of oxime groups is 1. The summed E-state index contributed by atoms with van der Waals surface area (Å²) in [6, 6.07) is 7.94. The molecule has 0 saturated carbocycles. The molecule has 0 aliphatic carbocycles. The van der Waals surface area contributed by atoms with Crippen LogP contribution in [-0.4, -0.2) is 16.0 Å². The van der Waals surface area contributed by atoms with Crippen LogP contribution in [0.25, 0.3) is 0 Å². The number of nitrogens with zero attached hydrogens (tertiary/aromatic N) is 2. The van der Waals surface area contributed by atoms with Gasteiger partial charge in [-0.15, -0.1) is 0 Å². The van der Waals surface area contributed by atoms with Crippen LogP contribution in [0.1, 0.15) is 5.56 Å². The zero-order chi connectivity index (χ0) is 13.8. The minimum atomic E-state index is -0.0376. The van der Waals surface area contributed by atoms with E-state index in [-0.39, 0.29) is 11.7 Å². The second kappa shape index (κ2) is 5.77. The highest BCUT2D eigenvalue weighted by molar-refractivity contribution is 6.34. The number of ether oxygens (including phenoxy) is 1. The normalized spacial score (nSPS) is 11.4. The van der Waals surface area contributed by atoms with Crippen LogP contribution in [0.15, 0.2) is 41.7 Å². The molecule has 0 atom stereocenters. The predicted octanol–water partition coefficient (Wildman–Crippen LogP) is 3.28. The number of nitrogens with two attached hydrogens (primary N) is 1. The van der Waals surface area contributed by atoms with Gasteiger partial charge >= 0.3 is 0 Å². The molecule has 0 saturated heterocycles. The first-order valence-corrected chi connectivity index (χ1v) is 5.92. The van der Waals surface area contributed by atoms with Crippen molar-refractivity contribution in [1.82, 2.24) is 4.98 Å². The lowest BCUT2D eigenvalue weighted by molar-refractivity contribution is 0.318. The van der Waals surface area contributed by atoms with Gasteiger partial charge in [-0.05, 0) is 18.2 Å². The van der Waals surface area contributed by atoms with Crippen molar-refractivity contribution in [2.45, 2.75) is 0 Å². The summed E-state index contributed by atoms with van der Waals surface area (Å²) in [6.45, 7) is 0. The van der Waals surface area contributed by atoms with Gasteiger partial charge in [0.2, 0.25) is 5.88 Å². The summed E-state index contributed by atoms with van der Waals surface area (Å²) < 4.78 is 5.51.